The number of carbonyl (C=O) groups excluding carboxylic acids is 1. The van der Waals surface area contributed by atoms with Crippen LogP contribution < -0.4 is 5.73 Å². The van der Waals surface area contributed by atoms with Crippen molar-refractivity contribution >= 4 is 17.4 Å². The molecular weight excluding hydrogens is 188 g/mol. The first-order chi connectivity index (χ1) is 6.24. The van der Waals surface area contributed by atoms with E-state index in [0.29, 0.717) is 24.4 Å². The highest BCUT2D eigenvalue weighted by Crippen LogP contribution is 2.14. The van der Waals surface area contributed by atoms with Gasteiger partial charge in [-0.3, -0.25) is 9.78 Å². The van der Waals surface area contributed by atoms with Crippen molar-refractivity contribution in [2.45, 2.75) is 12.8 Å². The Morgan fingerprint density at radius 1 is 1.62 bits per heavy atom. The molecule has 0 saturated carbocycles. The van der Waals surface area contributed by atoms with Crippen molar-refractivity contribution in [1.29, 1.82) is 0 Å². The van der Waals surface area contributed by atoms with Crippen molar-refractivity contribution < 1.29 is 4.79 Å². The third kappa shape index (κ3) is 3.13. The van der Waals surface area contributed by atoms with E-state index in [1.807, 2.05) is 0 Å². The van der Waals surface area contributed by atoms with Crippen LogP contribution in [0.15, 0.2) is 18.5 Å². The smallest absolute Gasteiger partial charge is 0.138 e. The van der Waals surface area contributed by atoms with Crippen molar-refractivity contribution in [2.24, 2.45) is 5.73 Å². The molecule has 0 aliphatic carbocycles. The second kappa shape index (κ2) is 4.94. The number of pyridine rings is 1. The molecule has 13 heavy (non-hydrogen) atoms. The predicted molar refractivity (Wildman–Crippen MR) is 51.6 cm³/mol. The summed E-state index contributed by atoms with van der Waals surface area (Å²) in [6, 6.07) is 1.75. The van der Waals surface area contributed by atoms with Gasteiger partial charge < -0.3 is 5.73 Å². The number of halogens is 1. The van der Waals surface area contributed by atoms with Crippen molar-refractivity contribution in [3.05, 3.63) is 29.0 Å². The molecule has 4 heteroatoms. The molecule has 1 heterocycles. The van der Waals surface area contributed by atoms with Crippen LogP contribution in [0.1, 0.15) is 12.0 Å². The summed E-state index contributed by atoms with van der Waals surface area (Å²) in [5.41, 5.74) is 6.07. The van der Waals surface area contributed by atoms with Crippen LogP contribution in [-0.4, -0.2) is 17.3 Å². The number of Topliss-reactive ketones (excluding diaryl/α,β-unsaturated/α-hetero) is 1. The van der Waals surface area contributed by atoms with Gasteiger partial charge in [-0.25, -0.2) is 0 Å². The lowest BCUT2D eigenvalue weighted by atomic mass is 10.1. The minimum Gasteiger partial charge on any atom is -0.330 e. The van der Waals surface area contributed by atoms with Crippen LogP contribution in [0, 0.1) is 0 Å². The zero-order chi connectivity index (χ0) is 9.68. The van der Waals surface area contributed by atoms with Gasteiger partial charge in [0.2, 0.25) is 0 Å². The summed E-state index contributed by atoms with van der Waals surface area (Å²) in [5.74, 6) is 0.107. The fourth-order valence-electron chi connectivity index (χ4n) is 1.01. The zero-order valence-corrected chi connectivity index (χ0v) is 7.92. The van der Waals surface area contributed by atoms with Gasteiger partial charge in [-0.2, -0.15) is 0 Å². The Kier molecular flexibility index (Phi) is 3.86. The maximum Gasteiger partial charge on any atom is 0.138 e. The van der Waals surface area contributed by atoms with E-state index in [1.54, 1.807) is 12.3 Å². The highest BCUT2D eigenvalue weighted by molar-refractivity contribution is 6.31. The Morgan fingerprint density at radius 2 is 2.38 bits per heavy atom. The summed E-state index contributed by atoms with van der Waals surface area (Å²) in [5, 5.41) is 0.535. The van der Waals surface area contributed by atoms with Crippen LogP contribution in [0.25, 0.3) is 0 Å². The lowest BCUT2D eigenvalue weighted by molar-refractivity contribution is -0.118. The summed E-state index contributed by atoms with van der Waals surface area (Å²) < 4.78 is 0. The second-order valence-corrected chi connectivity index (χ2v) is 3.13. The number of carbonyl (C=O) groups is 1. The minimum atomic E-state index is 0.107. The largest absolute Gasteiger partial charge is 0.330 e. The van der Waals surface area contributed by atoms with E-state index in [1.165, 1.54) is 6.20 Å². The van der Waals surface area contributed by atoms with Crippen LogP contribution in [-0.2, 0) is 11.2 Å². The Hall–Kier alpha value is -0.930. The fourth-order valence-corrected chi connectivity index (χ4v) is 1.20. The van der Waals surface area contributed by atoms with Crippen LogP contribution in [0.4, 0.5) is 0 Å². The summed E-state index contributed by atoms with van der Waals surface area (Å²) in [4.78, 5) is 15.0. The summed E-state index contributed by atoms with van der Waals surface area (Å²) >= 11 is 5.82. The first-order valence-electron chi connectivity index (χ1n) is 4.04. The van der Waals surface area contributed by atoms with Gasteiger partial charge in [0.05, 0.1) is 5.02 Å². The summed E-state index contributed by atoms with van der Waals surface area (Å²) in [6.07, 6.45) is 3.90. The highest BCUT2D eigenvalue weighted by atomic mass is 35.5. The molecule has 0 aromatic carbocycles. The predicted octanol–water partition coefficient (Wildman–Crippen LogP) is 1.20. The molecule has 0 aliphatic heterocycles. The molecule has 70 valence electrons. The third-order valence-electron chi connectivity index (χ3n) is 1.67. The monoisotopic (exact) mass is 198 g/mol. The average molecular weight is 199 g/mol. The maximum absolute atomic E-state index is 11.2. The number of nitrogens with zero attached hydrogens (tertiary/aromatic N) is 1. The van der Waals surface area contributed by atoms with Gasteiger partial charge in [-0.1, -0.05) is 11.6 Å². The summed E-state index contributed by atoms with van der Waals surface area (Å²) in [7, 11) is 0. The van der Waals surface area contributed by atoms with E-state index in [9.17, 15) is 4.79 Å². The molecular formula is C9H11ClN2O. The lowest BCUT2D eigenvalue weighted by Gasteiger charge is -2.01. The molecule has 1 aromatic heterocycles. The molecule has 0 aliphatic rings. The number of aromatic nitrogens is 1. The second-order valence-electron chi connectivity index (χ2n) is 2.72. The van der Waals surface area contributed by atoms with Crippen molar-refractivity contribution in [3.8, 4) is 0 Å². The number of ketones is 1. The van der Waals surface area contributed by atoms with Gasteiger partial charge in [-0.05, 0) is 18.2 Å². The highest BCUT2D eigenvalue weighted by Gasteiger charge is 2.05. The third-order valence-corrected chi connectivity index (χ3v) is 2.01. The van der Waals surface area contributed by atoms with E-state index in [4.69, 9.17) is 17.3 Å². The lowest BCUT2D eigenvalue weighted by Crippen LogP contribution is -2.10. The van der Waals surface area contributed by atoms with Gasteiger partial charge in [0.1, 0.15) is 5.78 Å². The molecule has 3 nitrogen and oxygen atoms in total. The molecule has 0 radical (unpaired) electrons. The van der Waals surface area contributed by atoms with Gasteiger partial charge in [0, 0.05) is 25.2 Å². The first kappa shape index (κ1) is 10.2. The van der Waals surface area contributed by atoms with E-state index in [0.717, 1.165) is 5.56 Å². The van der Waals surface area contributed by atoms with E-state index < -0.39 is 0 Å². The van der Waals surface area contributed by atoms with E-state index in [2.05, 4.69) is 4.98 Å². The molecule has 0 spiro atoms. The molecule has 0 amide bonds. The van der Waals surface area contributed by atoms with Gasteiger partial charge in [0.15, 0.2) is 0 Å². The standard InChI is InChI=1S/C9H11ClN2O/c10-9-6-12-4-2-7(9)5-8(13)1-3-11/h2,4,6H,1,3,5,11H2. The summed E-state index contributed by atoms with van der Waals surface area (Å²) in [6.45, 7) is 0.390. The normalized spacial score (nSPS) is 10.0. The molecule has 0 unspecified atom stereocenters. The molecule has 2 N–H and O–H groups in total. The molecule has 0 saturated heterocycles. The maximum atomic E-state index is 11.2. The van der Waals surface area contributed by atoms with Crippen molar-refractivity contribution in [1.82, 2.24) is 4.98 Å². The number of rotatable bonds is 4. The Balaban J connectivity index is 2.63. The van der Waals surface area contributed by atoms with E-state index >= 15 is 0 Å². The van der Waals surface area contributed by atoms with Crippen LogP contribution in [0.3, 0.4) is 0 Å². The van der Waals surface area contributed by atoms with Crippen LogP contribution >= 0.6 is 11.6 Å². The number of hydrogen-bond acceptors (Lipinski definition) is 3. The number of nitrogens with two attached hydrogens (primary N) is 1. The quantitative estimate of drug-likeness (QED) is 0.791. The molecule has 1 rings (SSSR count). The Labute approximate surface area is 81.9 Å². The van der Waals surface area contributed by atoms with Gasteiger partial charge >= 0.3 is 0 Å². The number of hydrogen-bond donors (Lipinski definition) is 1. The van der Waals surface area contributed by atoms with E-state index in [-0.39, 0.29) is 5.78 Å². The first-order valence-corrected chi connectivity index (χ1v) is 4.42. The SMILES string of the molecule is NCCC(=O)Cc1ccncc1Cl. The average Bonchev–Trinajstić information content (AvgIpc) is 2.09. The topological polar surface area (TPSA) is 56.0 Å². The minimum absolute atomic E-state index is 0.107. The van der Waals surface area contributed by atoms with Crippen molar-refractivity contribution in [2.75, 3.05) is 6.54 Å². The fraction of sp³-hybridized carbons (Fsp3) is 0.333. The van der Waals surface area contributed by atoms with Crippen LogP contribution in [0.5, 0.6) is 0 Å². The van der Waals surface area contributed by atoms with Crippen LogP contribution in [0.2, 0.25) is 5.02 Å². The molecule has 0 atom stereocenters. The Morgan fingerprint density at radius 3 is 3.00 bits per heavy atom. The van der Waals surface area contributed by atoms with Gasteiger partial charge in [-0.15, -0.1) is 0 Å². The molecule has 0 fully saturated rings. The van der Waals surface area contributed by atoms with Gasteiger partial charge in [0.25, 0.3) is 0 Å². The zero-order valence-electron chi connectivity index (χ0n) is 7.16. The molecule has 1 aromatic rings. The Bertz CT molecular complexity index is 301. The molecule has 0 bridgehead atoms. The van der Waals surface area contributed by atoms with Crippen molar-refractivity contribution in [3.63, 3.8) is 0 Å².